The van der Waals surface area contributed by atoms with Crippen LogP contribution in [0.4, 0.5) is 0 Å². The molecule has 55 heavy (non-hydrogen) atoms. The molecular weight excluding hydrogens is 687 g/mol. The maximum Gasteiger partial charge on any atom is 0.161 e. The van der Waals surface area contributed by atoms with Crippen LogP contribution in [-0.4, -0.2) is 15.0 Å². The Morgan fingerprint density at radius 2 is 0.909 bits per heavy atom. The van der Waals surface area contributed by atoms with Crippen LogP contribution in [0.5, 0.6) is 0 Å². The van der Waals surface area contributed by atoms with Gasteiger partial charge in [-0.25, -0.2) is 15.0 Å². The lowest BCUT2D eigenvalue weighted by Gasteiger charge is -2.18. The Morgan fingerprint density at radius 3 is 1.65 bits per heavy atom. The lowest BCUT2D eigenvalue weighted by Crippen LogP contribution is -2.01. The van der Waals surface area contributed by atoms with Crippen molar-refractivity contribution in [3.63, 3.8) is 0 Å². The number of thiophene rings is 1. The van der Waals surface area contributed by atoms with Gasteiger partial charge in [0, 0.05) is 64.1 Å². The molecule has 0 aliphatic carbocycles. The first-order valence-electron chi connectivity index (χ1n) is 18.5. The van der Waals surface area contributed by atoms with Gasteiger partial charge in [0.1, 0.15) is 0 Å². The highest BCUT2D eigenvalue weighted by Crippen LogP contribution is 2.45. The Bertz CT molecular complexity index is 3180. The van der Waals surface area contributed by atoms with Crippen molar-refractivity contribution >= 4 is 64.0 Å². The van der Waals surface area contributed by atoms with Gasteiger partial charge in [-0.1, -0.05) is 176 Å². The number of fused-ring (bicyclic) bond motifs is 8. The number of aromatic nitrogens is 3. The molecule has 3 aromatic heterocycles. The highest BCUT2D eigenvalue weighted by Gasteiger charge is 2.22. The molecule has 3 nitrogen and oxygen atoms in total. The molecule has 0 saturated heterocycles. The van der Waals surface area contributed by atoms with E-state index in [0.717, 1.165) is 72.1 Å². The van der Waals surface area contributed by atoms with Crippen molar-refractivity contribution in [1.82, 2.24) is 15.0 Å². The van der Waals surface area contributed by atoms with Crippen molar-refractivity contribution in [3.05, 3.63) is 188 Å². The van der Waals surface area contributed by atoms with Crippen LogP contribution in [0.2, 0.25) is 0 Å². The fourth-order valence-electron chi connectivity index (χ4n) is 8.12. The number of hydrogen-bond acceptors (Lipinski definition) is 4. The zero-order valence-corrected chi connectivity index (χ0v) is 30.5. The number of pyridine rings is 1. The van der Waals surface area contributed by atoms with Crippen LogP contribution < -0.4 is 0 Å². The van der Waals surface area contributed by atoms with Crippen LogP contribution in [0.1, 0.15) is 0 Å². The lowest BCUT2D eigenvalue weighted by atomic mass is 9.92. The van der Waals surface area contributed by atoms with Crippen molar-refractivity contribution in [1.29, 1.82) is 0 Å². The van der Waals surface area contributed by atoms with Gasteiger partial charge < -0.3 is 0 Å². The average Bonchev–Trinajstić information content (AvgIpc) is 3.65. The molecule has 0 spiro atoms. The van der Waals surface area contributed by atoms with Gasteiger partial charge in [-0.15, -0.1) is 11.3 Å². The van der Waals surface area contributed by atoms with E-state index in [1.807, 2.05) is 11.3 Å². The monoisotopic (exact) mass is 717 g/mol. The number of nitrogens with zero attached hydrogens (tertiary/aromatic N) is 3. The molecule has 0 unspecified atom stereocenters. The maximum atomic E-state index is 5.41. The van der Waals surface area contributed by atoms with Gasteiger partial charge in [0.15, 0.2) is 5.82 Å². The lowest BCUT2D eigenvalue weighted by molar-refractivity contribution is 1.19. The molecule has 11 rings (SSSR count). The van der Waals surface area contributed by atoms with Crippen LogP contribution in [-0.2, 0) is 0 Å². The minimum atomic E-state index is 0.703. The molecule has 8 aromatic carbocycles. The Hall–Kier alpha value is -7.01. The molecule has 0 atom stereocenters. The number of benzene rings is 8. The van der Waals surface area contributed by atoms with Gasteiger partial charge in [0.2, 0.25) is 0 Å². The molecule has 4 heteroatoms. The van der Waals surface area contributed by atoms with Crippen LogP contribution in [0.25, 0.3) is 109 Å². The van der Waals surface area contributed by atoms with Crippen LogP contribution in [0.15, 0.2) is 188 Å². The second-order valence-electron chi connectivity index (χ2n) is 13.9. The fourth-order valence-corrected chi connectivity index (χ4v) is 9.38. The second-order valence-corrected chi connectivity index (χ2v) is 14.9. The van der Waals surface area contributed by atoms with E-state index in [2.05, 4.69) is 188 Å². The molecule has 0 saturated carbocycles. The van der Waals surface area contributed by atoms with Crippen molar-refractivity contribution < 1.29 is 0 Å². The Labute approximate surface area is 321 Å². The Kier molecular flexibility index (Phi) is 7.35. The van der Waals surface area contributed by atoms with Gasteiger partial charge in [-0.3, -0.25) is 0 Å². The van der Waals surface area contributed by atoms with Gasteiger partial charge in [0.05, 0.1) is 22.6 Å². The molecular formula is C51H31N3S. The summed E-state index contributed by atoms with van der Waals surface area (Å²) in [7, 11) is 0. The van der Waals surface area contributed by atoms with Crippen LogP contribution >= 0.6 is 11.3 Å². The topological polar surface area (TPSA) is 38.7 Å². The summed E-state index contributed by atoms with van der Waals surface area (Å²) >= 11 is 1.87. The van der Waals surface area contributed by atoms with Crippen molar-refractivity contribution in [2.45, 2.75) is 0 Å². The van der Waals surface area contributed by atoms with E-state index < -0.39 is 0 Å². The summed E-state index contributed by atoms with van der Waals surface area (Å²) in [6, 6.07) is 66.4. The van der Waals surface area contributed by atoms with Crippen molar-refractivity contribution in [2.75, 3.05) is 0 Å². The molecule has 3 heterocycles. The second kappa shape index (κ2) is 12.8. The summed E-state index contributed by atoms with van der Waals surface area (Å²) < 4.78 is 2.60. The smallest absolute Gasteiger partial charge is 0.161 e. The highest BCUT2D eigenvalue weighted by atomic mass is 32.1. The minimum Gasteiger partial charge on any atom is -0.247 e. The van der Waals surface area contributed by atoms with Gasteiger partial charge in [0.25, 0.3) is 0 Å². The largest absolute Gasteiger partial charge is 0.247 e. The third-order valence-corrected chi connectivity index (χ3v) is 11.9. The summed E-state index contributed by atoms with van der Waals surface area (Å²) in [5.74, 6) is 0.703. The third kappa shape index (κ3) is 5.22. The van der Waals surface area contributed by atoms with Gasteiger partial charge >= 0.3 is 0 Å². The molecule has 0 N–H and O–H groups in total. The predicted octanol–water partition coefficient (Wildman–Crippen LogP) is 14.0. The summed E-state index contributed by atoms with van der Waals surface area (Å²) in [6.45, 7) is 0. The predicted molar refractivity (Wildman–Crippen MR) is 232 cm³/mol. The van der Waals surface area contributed by atoms with Crippen molar-refractivity contribution in [3.8, 4) is 56.3 Å². The van der Waals surface area contributed by atoms with Crippen LogP contribution in [0.3, 0.4) is 0 Å². The molecule has 0 aliphatic rings. The number of para-hydroxylation sites is 1. The highest BCUT2D eigenvalue weighted by molar-refractivity contribution is 7.26. The molecule has 0 bridgehead atoms. The Balaban J connectivity index is 1.14. The van der Waals surface area contributed by atoms with E-state index in [9.17, 15) is 0 Å². The maximum absolute atomic E-state index is 5.41. The quantitative estimate of drug-likeness (QED) is 0.166. The molecule has 0 aliphatic heterocycles. The third-order valence-electron chi connectivity index (χ3n) is 10.7. The van der Waals surface area contributed by atoms with Crippen molar-refractivity contribution in [2.24, 2.45) is 0 Å². The SMILES string of the molecule is c1ccc(-c2nc(-c3cccc4ccccc34)nc(-c3ccccc3)c2-c2ccc(-c3nc4ccccc4c4c3ccc3c5ccccc5sc34)cc2)cc1. The first kappa shape index (κ1) is 31.5. The molecule has 0 fully saturated rings. The standard InChI is InChI=1S/C51H31N3S/c1-3-15-34(16-4-1)48-45(49(35-17-5-2-6-18-35)54-51(53-48)40-23-13-19-32-14-7-8-20-37(32)40)33-26-28-36(29-27-33)47-42-31-30-39-38-21-10-12-25-44(38)55-50(39)46(42)41-22-9-11-24-43(41)52-47/h1-31H. The van der Waals surface area contributed by atoms with E-state index in [4.69, 9.17) is 15.0 Å². The van der Waals surface area contributed by atoms with Crippen LogP contribution in [0, 0.1) is 0 Å². The molecule has 11 aromatic rings. The zero-order valence-electron chi connectivity index (χ0n) is 29.6. The average molecular weight is 718 g/mol. The number of hydrogen-bond donors (Lipinski definition) is 0. The molecule has 0 radical (unpaired) electrons. The molecule has 256 valence electrons. The zero-order chi connectivity index (χ0) is 36.3. The van der Waals surface area contributed by atoms with E-state index >= 15 is 0 Å². The van der Waals surface area contributed by atoms with E-state index in [1.54, 1.807) is 0 Å². The number of rotatable bonds is 5. The summed E-state index contributed by atoms with van der Waals surface area (Å²) in [4.78, 5) is 16.1. The van der Waals surface area contributed by atoms with Gasteiger partial charge in [-0.2, -0.15) is 0 Å². The normalized spacial score (nSPS) is 11.6. The minimum absolute atomic E-state index is 0.703. The van der Waals surface area contributed by atoms with E-state index in [0.29, 0.717) is 5.82 Å². The fraction of sp³-hybridized carbons (Fsp3) is 0. The van der Waals surface area contributed by atoms with E-state index in [-0.39, 0.29) is 0 Å². The first-order valence-corrected chi connectivity index (χ1v) is 19.3. The Morgan fingerprint density at radius 1 is 0.345 bits per heavy atom. The first-order chi connectivity index (χ1) is 27.3. The summed E-state index contributed by atoms with van der Waals surface area (Å²) in [6.07, 6.45) is 0. The van der Waals surface area contributed by atoms with Gasteiger partial charge in [-0.05, 0) is 28.5 Å². The summed E-state index contributed by atoms with van der Waals surface area (Å²) in [5.41, 5.74) is 9.96. The molecule has 0 amide bonds. The summed E-state index contributed by atoms with van der Waals surface area (Å²) in [5, 5.41) is 8.48. The van der Waals surface area contributed by atoms with E-state index in [1.165, 1.54) is 30.9 Å².